The van der Waals surface area contributed by atoms with Crippen LogP contribution in [0.3, 0.4) is 0 Å². The molecule has 2 N–H and O–H groups in total. The van der Waals surface area contributed by atoms with Crippen molar-refractivity contribution in [1.82, 2.24) is 10.2 Å². The van der Waals surface area contributed by atoms with Gasteiger partial charge in [-0.15, -0.1) is 0 Å². The van der Waals surface area contributed by atoms with Crippen LogP contribution in [-0.2, 0) is 21.1 Å². The van der Waals surface area contributed by atoms with Crippen LogP contribution in [0.2, 0.25) is 0 Å². The van der Waals surface area contributed by atoms with Gasteiger partial charge >= 0.3 is 6.03 Å². The van der Waals surface area contributed by atoms with Gasteiger partial charge in [-0.2, -0.15) is 0 Å². The fourth-order valence-electron chi connectivity index (χ4n) is 1.81. The Bertz CT molecular complexity index is 586. The molecule has 0 saturated heterocycles. The van der Waals surface area contributed by atoms with Crippen molar-refractivity contribution in [1.29, 1.82) is 0 Å². The molecule has 0 saturated carbocycles. The number of likely N-dealkylation sites (N-methyl/N-ethyl adjacent to an activating group) is 1. The van der Waals surface area contributed by atoms with Gasteiger partial charge in [0.15, 0.2) is 9.84 Å². The van der Waals surface area contributed by atoms with Crippen molar-refractivity contribution in [2.45, 2.75) is 17.5 Å². The number of hydrogen-bond donors (Lipinski definition) is 2. The van der Waals surface area contributed by atoms with Crippen molar-refractivity contribution in [2.24, 2.45) is 0 Å². The van der Waals surface area contributed by atoms with Crippen molar-refractivity contribution in [3.63, 3.8) is 0 Å². The summed E-state index contributed by atoms with van der Waals surface area (Å²) < 4.78 is 27.5. The minimum Gasteiger partial charge on any atom is -0.389 e. The summed E-state index contributed by atoms with van der Waals surface area (Å²) >= 11 is 0. The van der Waals surface area contributed by atoms with Crippen LogP contribution in [0.5, 0.6) is 0 Å². The first-order valence-corrected chi connectivity index (χ1v) is 8.58. The van der Waals surface area contributed by atoms with E-state index in [1.54, 1.807) is 19.2 Å². The molecule has 0 fully saturated rings. The highest BCUT2D eigenvalue weighted by Crippen LogP contribution is 2.10. The minimum atomic E-state index is -3.22. The highest BCUT2D eigenvalue weighted by atomic mass is 32.2. The first-order chi connectivity index (χ1) is 10.2. The van der Waals surface area contributed by atoms with Gasteiger partial charge in [0.05, 0.1) is 24.2 Å². The van der Waals surface area contributed by atoms with E-state index in [4.69, 9.17) is 4.74 Å². The number of amides is 2. The van der Waals surface area contributed by atoms with Gasteiger partial charge in [0, 0.05) is 27.0 Å². The molecule has 1 aromatic rings. The second-order valence-corrected chi connectivity index (χ2v) is 7.08. The molecular formula is C14H22N2O5S. The summed E-state index contributed by atoms with van der Waals surface area (Å²) in [5.74, 6) is 0. The molecule has 1 atom stereocenters. The number of sulfone groups is 1. The van der Waals surface area contributed by atoms with Crippen LogP contribution < -0.4 is 5.32 Å². The topological polar surface area (TPSA) is 95.9 Å². The molecule has 22 heavy (non-hydrogen) atoms. The van der Waals surface area contributed by atoms with Gasteiger partial charge < -0.3 is 20.1 Å². The fourth-order valence-corrected chi connectivity index (χ4v) is 2.44. The number of rotatable bonds is 7. The van der Waals surface area contributed by atoms with Crippen molar-refractivity contribution >= 4 is 15.9 Å². The molecule has 0 radical (unpaired) electrons. The van der Waals surface area contributed by atoms with Crippen LogP contribution in [0.15, 0.2) is 29.2 Å². The lowest BCUT2D eigenvalue weighted by atomic mass is 10.2. The van der Waals surface area contributed by atoms with Crippen molar-refractivity contribution < 1.29 is 23.1 Å². The van der Waals surface area contributed by atoms with Gasteiger partial charge in [-0.25, -0.2) is 13.2 Å². The van der Waals surface area contributed by atoms with E-state index in [9.17, 15) is 18.3 Å². The lowest BCUT2D eigenvalue weighted by Crippen LogP contribution is -2.42. The van der Waals surface area contributed by atoms with Gasteiger partial charge in [-0.3, -0.25) is 0 Å². The Hall–Kier alpha value is -1.64. The Morgan fingerprint density at radius 3 is 2.45 bits per heavy atom. The number of benzene rings is 1. The molecule has 124 valence electrons. The first kappa shape index (κ1) is 18.4. The smallest absolute Gasteiger partial charge is 0.317 e. The molecule has 0 heterocycles. The maximum atomic E-state index is 11.8. The quantitative estimate of drug-likeness (QED) is 0.746. The average molecular weight is 330 g/mol. The van der Waals surface area contributed by atoms with Gasteiger partial charge in [-0.05, 0) is 17.7 Å². The standard InChI is InChI=1S/C14H22N2O5S/c1-16(9-12(17)10-21-2)14(18)15-8-11-4-6-13(7-5-11)22(3,19)20/h4-7,12,17H,8-10H2,1-3H3,(H,15,18)/t12-/m1/s1. The van der Waals surface area contributed by atoms with Gasteiger partial charge in [0.25, 0.3) is 0 Å². The molecule has 0 unspecified atom stereocenters. The molecule has 0 aromatic heterocycles. The van der Waals surface area contributed by atoms with Crippen LogP contribution in [0, 0.1) is 0 Å². The number of ether oxygens (including phenoxy) is 1. The number of carbonyl (C=O) groups excluding carboxylic acids is 1. The van der Waals surface area contributed by atoms with Crippen LogP contribution in [-0.4, -0.2) is 64.1 Å². The molecular weight excluding hydrogens is 308 g/mol. The predicted molar refractivity (Wildman–Crippen MR) is 82.3 cm³/mol. The lowest BCUT2D eigenvalue weighted by Gasteiger charge is -2.21. The number of urea groups is 1. The van der Waals surface area contributed by atoms with E-state index in [-0.39, 0.29) is 30.6 Å². The highest BCUT2D eigenvalue weighted by Gasteiger charge is 2.13. The first-order valence-electron chi connectivity index (χ1n) is 6.69. The molecule has 0 bridgehead atoms. The van der Waals surface area contributed by atoms with E-state index in [1.165, 1.54) is 24.1 Å². The average Bonchev–Trinajstić information content (AvgIpc) is 2.44. The summed E-state index contributed by atoms with van der Waals surface area (Å²) in [6, 6.07) is 5.97. The summed E-state index contributed by atoms with van der Waals surface area (Å²) in [4.78, 5) is 13.4. The van der Waals surface area contributed by atoms with Crippen molar-refractivity contribution in [3.05, 3.63) is 29.8 Å². The number of nitrogens with zero attached hydrogens (tertiary/aromatic N) is 1. The largest absolute Gasteiger partial charge is 0.389 e. The summed E-state index contributed by atoms with van der Waals surface area (Å²) in [6.07, 6.45) is 0.402. The second-order valence-electron chi connectivity index (χ2n) is 5.06. The minimum absolute atomic E-state index is 0.157. The third-order valence-corrected chi connectivity index (χ3v) is 4.11. The van der Waals surface area contributed by atoms with Gasteiger partial charge in [0.2, 0.25) is 0 Å². The molecule has 8 heteroatoms. The summed E-state index contributed by atoms with van der Waals surface area (Å²) in [5, 5.41) is 12.2. The zero-order valence-electron chi connectivity index (χ0n) is 12.9. The van der Waals surface area contributed by atoms with E-state index < -0.39 is 15.9 Å². The number of aliphatic hydroxyl groups is 1. The van der Waals surface area contributed by atoms with E-state index in [0.717, 1.165) is 11.8 Å². The third kappa shape index (κ3) is 6.00. The van der Waals surface area contributed by atoms with Crippen molar-refractivity contribution in [2.75, 3.05) is 33.6 Å². The predicted octanol–water partition coefficient (Wildman–Crippen LogP) is 0.239. The summed E-state index contributed by atoms with van der Waals surface area (Å²) in [7, 11) is -0.172. The number of hydrogen-bond acceptors (Lipinski definition) is 5. The Balaban J connectivity index is 2.50. The molecule has 1 rings (SSSR count). The fraction of sp³-hybridized carbons (Fsp3) is 0.500. The van der Waals surface area contributed by atoms with Gasteiger partial charge in [-0.1, -0.05) is 12.1 Å². The van der Waals surface area contributed by atoms with E-state index in [1.807, 2.05) is 0 Å². The second kappa shape index (κ2) is 8.11. The number of nitrogens with one attached hydrogen (secondary N) is 1. The molecule has 7 nitrogen and oxygen atoms in total. The lowest BCUT2D eigenvalue weighted by molar-refractivity contribution is 0.0489. The van der Waals surface area contributed by atoms with E-state index in [0.29, 0.717) is 0 Å². The third-order valence-electron chi connectivity index (χ3n) is 2.99. The van der Waals surface area contributed by atoms with Crippen LogP contribution >= 0.6 is 0 Å². The Morgan fingerprint density at radius 2 is 1.95 bits per heavy atom. The normalized spacial score (nSPS) is 12.7. The van der Waals surface area contributed by atoms with E-state index >= 15 is 0 Å². The Kier molecular flexibility index (Phi) is 6.79. The summed E-state index contributed by atoms with van der Waals surface area (Å²) in [5.41, 5.74) is 0.784. The SMILES string of the molecule is COC[C@H](O)CN(C)C(=O)NCc1ccc(S(C)(=O)=O)cc1. The zero-order valence-corrected chi connectivity index (χ0v) is 13.8. The van der Waals surface area contributed by atoms with Gasteiger partial charge in [0.1, 0.15) is 0 Å². The van der Waals surface area contributed by atoms with Crippen LogP contribution in [0.1, 0.15) is 5.56 Å². The Labute approximate surface area is 130 Å². The summed E-state index contributed by atoms with van der Waals surface area (Å²) in [6.45, 7) is 0.588. The molecule has 0 aliphatic heterocycles. The maximum Gasteiger partial charge on any atom is 0.317 e. The van der Waals surface area contributed by atoms with Crippen LogP contribution in [0.25, 0.3) is 0 Å². The highest BCUT2D eigenvalue weighted by molar-refractivity contribution is 7.90. The molecule has 2 amide bonds. The molecule has 0 aliphatic rings. The molecule has 1 aromatic carbocycles. The zero-order chi connectivity index (χ0) is 16.8. The van der Waals surface area contributed by atoms with Crippen LogP contribution in [0.4, 0.5) is 4.79 Å². The maximum absolute atomic E-state index is 11.8. The Morgan fingerprint density at radius 1 is 1.36 bits per heavy atom. The number of aliphatic hydroxyl groups excluding tert-OH is 1. The number of methoxy groups -OCH3 is 1. The number of carbonyl (C=O) groups is 1. The van der Waals surface area contributed by atoms with Crippen molar-refractivity contribution in [3.8, 4) is 0 Å². The van der Waals surface area contributed by atoms with E-state index in [2.05, 4.69) is 5.32 Å². The molecule has 0 spiro atoms. The monoisotopic (exact) mass is 330 g/mol. The molecule has 0 aliphatic carbocycles.